The van der Waals surface area contributed by atoms with Crippen molar-refractivity contribution in [3.8, 4) is 0 Å². The molecule has 0 radical (unpaired) electrons. The van der Waals surface area contributed by atoms with Crippen LogP contribution in [0.5, 0.6) is 0 Å². The average Bonchev–Trinajstić information content (AvgIpc) is 2.61. The number of nitrogens with zero attached hydrogens (tertiary/aromatic N) is 2. The van der Waals surface area contributed by atoms with E-state index in [2.05, 4.69) is 27.4 Å². The number of rotatable bonds is 5. The fourth-order valence-corrected chi connectivity index (χ4v) is 2.83. The number of aromatic carboxylic acids is 1. The number of aromatic nitrogens is 2. The minimum Gasteiger partial charge on any atom is -0.476 e. The van der Waals surface area contributed by atoms with Gasteiger partial charge in [0.25, 0.3) is 0 Å². The van der Waals surface area contributed by atoms with Crippen LogP contribution in [0.2, 0.25) is 0 Å². The summed E-state index contributed by atoms with van der Waals surface area (Å²) >= 11 is 0. The summed E-state index contributed by atoms with van der Waals surface area (Å²) in [5.74, 6) is -0.159. The second-order valence-electron chi connectivity index (χ2n) is 5.58. The summed E-state index contributed by atoms with van der Waals surface area (Å²) in [7, 11) is 0. The number of anilines is 1. The maximum Gasteiger partial charge on any atom is 0.356 e. The fraction of sp³-hybridized carbons (Fsp3) is 0.353. The number of carboxylic acid groups (broad SMARTS) is 1. The summed E-state index contributed by atoms with van der Waals surface area (Å²) in [5, 5.41) is 12.1. The highest BCUT2D eigenvalue weighted by Crippen LogP contribution is 2.33. The first kappa shape index (κ1) is 15.4. The fourth-order valence-electron chi connectivity index (χ4n) is 2.83. The third-order valence-electron chi connectivity index (χ3n) is 3.99. The van der Waals surface area contributed by atoms with E-state index < -0.39 is 5.97 Å². The second-order valence-corrected chi connectivity index (χ2v) is 5.58. The lowest BCUT2D eigenvalue weighted by molar-refractivity contribution is -0.0238. The first-order valence-corrected chi connectivity index (χ1v) is 7.70. The zero-order chi connectivity index (χ0) is 16.1. The van der Waals surface area contributed by atoms with E-state index in [1.807, 2.05) is 18.2 Å². The van der Waals surface area contributed by atoms with Gasteiger partial charge >= 0.3 is 5.97 Å². The largest absolute Gasteiger partial charge is 0.476 e. The Bertz CT molecular complexity index is 646. The van der Waals surface area contributed by atoms with Gasteiger partial charge in [-0.15, -0.1) is 0 Å². The Hall–Kier alpha value is -2.47. The summed E-state index contributed by atoms with van der Waals surface area (Å²) in [6.07, 6.45) is 4.90. The Morgan fingerprint density at radius 3 is 2.78 bits per heavy atom. The van der Waals surface area contributed by atoms with Gasteiger partial charge in [0.2, 0.25) is 0 Å². The molecule has 23 heavy (non-hydrogen) atoms. The number of nitrogens with one attached hydrogen (secondary N) is 1. The minimum atomic E-state index is -1.08. The predicted molar refractivity (Wildman–Crippen MR) is 85.3 cm³/mol. The molecule has 0 spiro atoms. The quantitative estimate of drug-likeness (QED) is 0.883. The van der Waals surface area contributed by atoms with E-state index in [0.29, 0.717) is 18.3 Å². The first-order chi connectivity index (χ1) is 11.2. The van der Waals surface area contributed by atoms with Crippen molar-refractivity contribution in [3.05, 3.63) is 54.0 Å². The van der Waals surface area contributed by atoms with Crippen LogP contribution in [-0.4, -0.2) is 34.2 Å². The zero-order valence-electron chi connectivity index (χ0n) is 12.7. The predicted octanol–water partition coefficient (Wildman–Crippen LogP) is 2.75. The summed E-state index contributed by atoms with van der Waals surface area (Å²) in [5.41, 5.74) is 1.13. The van der Waals surface area contributed by atoms with Crippen molar-refractivity contribution in [3.63, 3.8) is 0 Å². The van der Waals surface area contributed by atoms with Crippen molar-refractivity contribution < 1.29 is 14.6 Å². The highest BCUT2D eigenvalue weighted by molar-refractivity contribution is 5.84. The lowest BCUT2D eigenvalue weighted by Crippen LogP contribution is -2.28. The van der Waals surface area contributed by atoms with E-state index in [1.165, 1.54) is 18.0 Å². The molecule has 1 aliphatic rings. The molecule has 0 amide bonds. The minimum absolute atomic E-state index is 0.0567. The molecule has 2 heterocycles. The van der Waals surface area contributed by atoms with Crippen LogP contribution in [0.4, 0.5) is 5.82 Å². The van der Waals surface area contributed by atoms with Gasteiger partial charge in [0.15, 0.2) is 5.69 Å². The molecule has 0 bridgehead atoms. The van der Waals surface area contributed by atoms with E-state index in [-0.39, 0.29) is 11.8 Å². The summed E-state index contributed by atoms with van der Waals surface area (Å²) in [6.45, 7) is 1.49. The zero-order valence-corrected chi connectivity index (χ0v) is 12.7. The molecule has 120 valence electrons. The lowest BCUT2D eigenvalue weighted by Gasteiger charge is -2.32. The molecular weight excluding hydrogens is 294 g/mol. The van der Waals surface area contributed by atoms with Gasteiger partial charge in [0, 0.05) is 19.1 Å². The molecule has 2 N–H and O–H groups in total. The average molecular weight is 313 g/mol. The van der Waals surface area contributed by atoms with Crippen molar-refractivity contribution in [2.45, 2.75) is 18.9 Å². The Morgan fingerprint density at radius 2 is 2.09 bits per heavy atom. The Kier molecular flexibility index (Phi) is 4.83. The first-order valence-electron chi connectivity index (χ1n) is 7.70. The van der Waals surface area contributed by atoms with Gasteiger partial charge in [-0.2, -0.15) is 0 Å². The van der Waals surface area contributed by atoms with Gasteiger partial charge in [-0.25, -0.2) is 14.8 Å². The molecular formula is C17H19N3O3. The number of hydrogen-bond donors (Lipinski definition) is 2. The summed E-state index contributed by atoms with van der Waals surface area (Å²) in [4.78, 5) is 18.7. The van der Waals surface area contributed by atoms with Gasteiger partial charge in [-0.05, 0) is 18.4 Å². The van der Waals surface area contributed by atoms with Crippen LogP contribution in [-0.2, 0) is 4.74 Å². The van der Waals surface area contributed by atoms with Crippen LogP contribution in [0.25, 0.3) is 0 Å². The van der Waals surface area contributed by atoms with Crippen molar-refractivity contribution >= 4 is 11.8 Å². The summed E-state index contributed by atoms with van der Waals surface area (Å²) in [6, 6.07) is 10.2. The van der Waals surface area contributed by atoms with Gasteiger partial charge < -0.3 is 15.2 Å². The second kappa shape index (κ2) is 7.19. The highest BCUT2D eigenvalue weighted by Gasteiger charge is 2.27. The molecule has 1 aromatic carbocycles. The van der Waals surface area contributed by atoms with Crippen molar-refractivity contribution in [1.82, 2.24) is 9.97 Å². The molecule has 1 fully saturated rings. The molecule has 2 aromatic rings. The van der Waals surface area contributed by atoms with Gasteiger partial charge in [-0.3, -0.25) is 0 Å². The van der Waals surface area contributed by atoms with E-state index >= 15 is 0 Å². The molecule has 1 aliphatic heterocycles. The molecule has 2 atom stereocenters. The molecule has 1 aromatic heterocycles. The van der Waals surface area contributed by atoms with E-state index in [9.17, 15) is 4.79 Å². The molecule has 6 heteroatoms. The third kappa shape index (κ3) is 3.84. The number of carbonyl (C=O) groups is 1. The normalized spacial score (nSPS) is 20.9. The van der Waals surface area contributed by atoms with Crippen LogP contribution >= 0.6 is 0 Å². The van der Waals surface area contributed by atoms with Crippen molar-refractivity contribution in [1.29, 1.82) is 0 Å². The highest BCUT2D eigenvalue weighted by atomic mass is 16.5. The van der Waals surface area contributed by atoms with Gasteiger partial charge in [-0.1, -0.05) is 30.3 Å². The smallest absolute Gasteiger partial charge is 0.356 e. The molecule has 2 unspecified atom stereocenters. The lowest BCUT2D eigenvalue weighted by atomic mass is 9.89. The number of carboxylic acids is 1. The number of ether oxygens (including phenoxy) is 1. The van der Waals surface area contributed by atoms with Crippen LogP contribution in [0, 0.1) is 5.92 Å². The van der Waals surface area contributed by atoms with Crippen molar-refractivity contribution in [2.24, 2.45) is 5.92 Å². The Labute approximate surface area is 134 Å². The van der Waals surface area contributed by atoms with Crippen LogP contribution in [0.15, 0.2) is 42.7 Å². The van der Waals surface area contributed by atoms with E-state index in [4.69, 9.17) is 9.84 Å². The monoisotopic (exact) mass is 313 g/mol. The molecule has 0 saturated carbocycles. The molecule has 3 rings (SSSR count). The SMILES string of the molecule is O=C(O)c1cnc(NCC2CCCOC2c2ccccc2)cn1. The number of benzene rings is 1. The molecule has 1 saturated heterocycles. The van der Waals surface area contributed by atoms with Gasteiger partial charge in [0.05, 0.1) is 18.5 Å². The Balaban J connectivity index is 1.64. The standard InChI is InChI=1S/C17H19N3O3/c21-17(22)14-10-20-15(11-18-14)19-9-13-7-4-8-23-16(13)12-5-2-1-3-6-12/h1-3,5-6,10-11,13,16H,4,7-9H2,(H,19,20)(H,21,22). The third-order valence-corrected chi connectivity index (χ3v) is 3.99. The maximum absolute atomic E-state index is 10.8. The van der Waals surface area contributed by atoms with Crippen LogP contribution in [0.1, 0.15) is 35.0 Å². The van der Waals surface area contributed by atoms with Crippen molar-refractivity contribution in [2.75, 3.05) is 18.5 Å². The molecule has 6 nitrogen and oxygen atoms in total. The van der Waals surface area contributed by atoms with Crippen LogP contribution in [0.3, 0.4) is 0 Å². The van der Waals surface area contributed by atoms with Crippen LogP contribution < -0.4 is 5.32 Å². The van der Waals surface area contributed by atoms with E-state index in [0.717, 1.165) is 19.4 Å². The van der Waals surface area contributed by atoms with E-state index in [1.54, 1.807) is 0 Å². The van der Waals surface area contributed by atoms with Gasteiger partial charge in [0.1, 0.15) is 5.82 Å². The number of hydrogen-bond acceptors (Lipinski definition) is 5. The Morgan fingerprint density at radius 1 is 1.26 bits per heavy atom. The molecule has 0 aliphatic carbocycles. The topological polar surface area (TPSA) is 84.3 Å². The summed E-state index contributed by atoms with van der Waals surface area (Å²) < 4.78 is 5.96. The maximum atomic E-state index is 10.8.